The van der Waals surface area contributed by atoms with Crippen LogP contribution in [-0.4, -0.2) is 29.0 Å². The molecule has 0 spiro atoms. The fraction of sp³-hybridized carbons (Fsp3) is 0.154. The Morgan fingerprint density at radius 2 is 1.49 bits per heavy atom. The van der Waals surface area contributed by atoms with Crippen molar-refractivity contribution in [1.82, 2.24) is 23.9 Å². The number of aromatic hydroxyl groups is 1. The molecular formula is C39H30N5O2Pt-. The number of fused-ring (bicyclic) bond motifs is 4. The molecule has 9 rings (SSSR count). The largest absolute Gasteiger partial charge is 0.480 e. The van der Waals surface area contributed by atoms with E-state index in [1.165, 1.54) is 16.8 Å². The fourth-order valence-corrected chi connectivity index (χ4v) is 7.18. The molecule has 0 unspecified atom stereocenters. The second-order valence-electron chi connectivity index (χ2n) is 13.1. The Bertz CT molecular complexity index is 2530. The molecule has 0 fully saturated rings. The van der Waals surface area contributed by atoms with Crippen molar-refractivity contribution in [2.24, 2.45) is 0 Å². The molecule has 4 aromatic carbocycles. The number of ether oxygens (including phenoxy) is 1. The molecule has 0 radical (unpaired) electrons. The minimum Gasteiger partial charge on any atom is -0.480 e. The van der Waals surface area contributed by atoms with Crippen LogP contribution in [0.3, 0.4) is 0 Å². The third-order valence-corrected chi connectivity index (χ3v) is 10.1. The molecule has 5 heterocycles. The minimum atomic E-state index is -0.237. The van der Waals surface area contributed by atoms with Gasteiger partial charge in [0, 0.05) is 60.0 Å². The van der Waals surface area contributed by atoms with Gasteiger partial charge in [0.05, 0.1) is 27.9 Å². The molecule has 0 aliphatic carbocycles. The van der Waals surface area contributed by atoms with Crippen molar-refractivity contribution in [2.45, 2.75) is 38.5 Å². The molecule has 0 bridgehead atoms. The molecule has 8 aromatic rings. The topological polar surface area (TPSA) is 77.5 Å². The number of benzene rings is 4. The second kappa shape index (κ2) is 10.2. The van der Waals surface area contributed by atoms with Gasteiger partial charge in [-0.15, -0.1) is 18.2 Å². The maximum atomic E-state index is 10.6. The molecule has 4 aromatic heterocycles. The molecule has 1 N–H and O–H groups in total. The Morgan fingerprint density at radius 3 is 2.32 bits per heavy atom. The predicted molar refractivity (Wildman–Crippen MR) is 181 cm³/mol. The molecule has 0 atom stereocenters. The summed E-state index contributed by atoms with van der Waals surface area (Å²) in [5.74, 6) is 0.902. The smallest absolute Gasteiger partial charge is 0.297 e. The summed E-state index contributed by atoms with van der Waals surface area (Å²) >= 11 is 0. The van der Waals surface area contributed by atoms with E-state index < -0.39 is 0 Å². The van der Waals surface area contributed by atoms with Gasteiger partial charge in [-0.3, -0.25) is 8.97 Å². The summed E-state index contributed by atoms with van der Waals surface area (Å²) in [6.07, 6.45) is 0. The van der Waals surface area contributed by atoms with Gasteiger partial charge < -0.3 is 9.84 Å². The van der Waals surface area contributed by atoms with Crippen molar-refractivity contribution in [3.8, 4) is 34.6 Å². The Hall–Kier alpha value is -5.00. The van der Waals surface area contributed by atoms with Crippen LogP contribution in [0.25, 0.3) is 55.4 Å². The van der Waals surface area contributed by atoms with Crippen LogP contribution in [0, 0.1) is 6.07 Å². The molecule has 47 heavy (non-hydrogen) atoms. The summed E-state index contributed by atoms with van der Waals surface area (Å²) in [7, 11) is 0. The van der Waals surface area contributed by atoms with E-state index in [2.05, 4.69) is 91.7 Å². The molecule has 0 saturated heterocycles. The van der Waals surface area contributed by atoms with Gasteiger partial charge in [-0.2, -0.15) is 11.1 Å². The van der Waals surface area contributed by atoms with E-state index in [0.29, 0.717) is 22.8 Å². The summed E-state index contributed by atoms with van der Waals surface area (Å²) in [5, 5.41) is 12.8. The van der Waals surface area contributed by atoms with Crippen LogP contribution in [0.4, 0.5) is 0 Å². The molecular weight excluding hydrogens is 766 g/mol. The third-order valence-electron chi connectivity index (χ3n) is 10.1. The van der Waals surface area contributed by atoms with Crippen LogP contribution in [0.1, 0.15) is 39.0 Å². The van der Waals surface area contributed by atoms with Gasteiger partial charge in [0.15, 0.2) is 5.65 Å². The summed E-state index contributed by atoms with van der Waals surface area (Å²) in [6, 6.07) is 37.3. The zero-order valence-corrected chi connectivity index (χ0v) is 28.5. The van der Waals surface area contributed by atoms with Crippen molar-refractivity contribution >= 4 is 38.5 Å². The summed E-state index contributed by atoms with van der Waals surface area (Å²) in [6.45, 7) is 9.34. The van der Waals surface area contributed by atoms with Gasteiger partial charge in [0.25, 0.3) is 6.01 Å². The van der Waals surface area contributed by atoms with E-state index in [0.717, 1.165) is 38.7 Å². The number of hydrogen-bond acceptors (Lipinski definition) is 5. The number of imidazole rings is 2. The van der Waals surface area contributed by atoms with E-state index in [-0.39, 0.29) is 37.9 Å². The van der Waals surface area contributed by atoms with Gasteiger partial charge in [-0.1, -0.05) is 94.0 Å². The Balaban J connectivity index is 0.00000324. The number of nitrogens with zero attached hydrogens (tertiary/aromatic N) is 5. The standard InChI is InChI=1S/C39H30N5O2.Pt/c1-38(2)28-17-11-16-27-26-20-21-31(46-25-15-10-14-24(22-25)43-30-19-9-8-18-29(30)40-37(43)45)41-33(26)36-42-32(23-12-6-5-7-13-23)35(39(38,3)4)44(36)34(27)28;/h5-21H,1-4H3,(H,40,45);/q-1;. The SMILES string of the molecule is CC1(C)c2cccc3c4ccc(Oc5[c-]c(-n6c(O)nc7ccccc76)ccc5)nc4c4nc(-c5ccccc5)c(n4c23)C1(C)C.[Pt]. The van der Waals surface area contributed by atoms with E-state index in [1.54, 1.807) is 4.57 Å². The second-order valence-corrected chi connectivity index (χ2v) is 13.1. The number of hydrogen-bond donors (Lipinski definition) is 1. The first kappa shape index (κ1) is 29.4. The van der Waals surface area contributed by atoms with Gasteiger partial charge >= 0.3 is 0 Å². The Labute approximate surface area is 285 Å². The summed E-state index contributed by atoms with van der Waals surface area (Å²) < 4.78 is 10.4. The van der Waals surface area contributed by atoms with Crippen molar-refractivity contribution < 1.29 is 30.9 Å². The predicted octanol–water partition coefficient (Wildman–Crippen LogP) is 8.91. The van der Waals surface area contributed by atoms with E-state index in [4.69, 9.17) is 14.7 Å². The van der Waals surface area contributed by atoms with E-state index in [1.807, 2.05) is 54.6 Å². The van der Waals surface area contributed by atoms with E-state index in [9.17, 15) is 5.11 Å². The summed E-state index contributed by atoms with van der Waals surface area (Å²) in [4.78, 5) is 14.7. The monoisotopic (exact) mass is 795 g/mol. The molecule has 234 valence electrons. The average molecular weight is 796 g/mol. The van der Waals surface area contributed by atoms with Crippen LogP contribution in [0.15, 0.2) is 103 Å². The van der Waals surface area contributed by atoms with Crippen LogP contribution in [-0.2, 0) is 31.9 Å². The third kappa shape index (κ3) is 4.06. The fourth-order valence-electron chi connectivity index (χ4n) is 7.18. The van der Waals surface area contributed by atoms with Gasteiger partial charge in [0.1, 0.15) is 5.52 Å². The van der Waals surface area contributed by atoms with Gasteiger partial charge in [-0.25, -0.2) is 9.97 Å². The number of aromatic nitrogens is 5. The Morgan fingerprint density at radius 1 is 0.723 bits per heavy atom. The Kier molecular flexibility index (Phi) is 6.41. The normalized spacial score (nSPS) is 14.6. The van der Waals surface area contributed by atoms with Crippen LogP contribution < -0.4 is 4.74 Å². The first-order valence-corrected chi connectivity index (χ1v) is 15.5. The van der Waals surface area contributed by atoms with Gasteiger partial charge in [0.2, 0.25) is 5.88 Å². The number of para-hydroxylation sites is 3. The van der Waals surface area contributed by atoms with Crippen molar-refractivity contribution in [3.63, 3.8) is 0 Å². The van der Waals surface area contributed by atoms with Gasteiger partial charge in [-0.05, 0) is 23.8 Å². The number of rotatable bonds is 4. The van der Waals surface area contributed by atoms with Crippen molar-refractivity contribution in [3.05, 3.63) is 120 Å². The molecule has 7 nitrogen and oxygen atoms in total. The van der Waals surface area contributed by atoms with Crippen LogP contribution >= 0.6 is 0 Å². The van der Waals surface area contributed by atoms with Crippen LogP contribution in [0.5, 0.6) is 17.6 Å². The number of pyridine rings is 2. The first-order chi connectivity index (χ1) is 22.2. The molecule has 0 saturated carbocycles. The zero-order valence-electron chi connectivity index (χ0n) is 26.2. The minimum absolute atomic E-state index is 0. The maximum Gasteiger partial charge on any atom is 0.297 e. The molecule has 0 amide bonds. The van der Waals surface area contributed by atoms with Crippen LogP contribution in [0.2, 0.25) is 0 Å². The summed E-state index contributed by atoms with van der Waals surface area (Å²) in [5.41, 5.74) is 9.01. The quantitative estimate of drug-likeness (QED) is 0.142. The molecule has 1 aliphatic heterocycles. The van der Waals surface area contributed by atoms with Crippen molar-refractivity contribution in [2.75, 3.05) is 0 Å². The maximum absolute atomic E-state index is 10.6. The van der Waals surface area contributed by atoms with E-state index >= 15 is 0 Å². The average Bonchev–Trinajstić information content (AvgIpc) is 3.63. The first-order valence-electron chi connectivity index (χ1n) is 15.5. The molecule has 8 heteroatoms. The van der Waals surface area contributed by atoms with Crippen molar-refractivity contribution in [1.29, 1.82) is 0 Å². The zero-order chi connectivity index (χ0) is 31.4. The molecule has 1 aliphatic rings.